The monoisotopic (exact) mass is 196 g/mol. The third kappa shape index (κ3) is 3.43. The van der Waals surface area contributed by atoms with Crippen LogP contribution in [0, 0.1) is 5.41 Å². The van der Waals surface area contributed by atoms with Gasteiger partial charge >= 0.3 is 0 Å². The fourth-order valence-corrected chi connectivity index (χ4v) is 1.83. The summed E-state index contributed by atoms with van der Waals surface area (Å²) in [6.45, 7) is 11.9. The largest absolute Gasteiger partial charge is 0.310 e. The topological polar surface area (TPSA) is 15.3 Å². The average Bonchev–Trinajstić information content (AvgIpc) is 2.20. The van der Waals surface area contributed by atoms with Crippen LogP contribution in [-0.4, -0.2) is 37.6 Å². The van der Waals surface area contributed by atoms with Crippen LogP contribution in [0.2, 0.25) is 0 Å². The lowest BCUT2D eigenvalue weighted by Crippen LogP contribution is -2.43. The van der Waals surface area contributed by atoms with Crippen LogP contribution < -0.4 is 5.32 Å². The summed E-state index contributed by atoms with van der Waals surface area (Å²) in [5.41, 5.74) is 0.490. The van der Waals surface area contributed by atoms with Gasteiger partial charge in [0.05, 0.1) is 0 Å². The molecule has 0 bridgehead atoms. The van der Waals surface area contributed by atoms with Gasteiger partial charge in [-0.25, -0.2) is 0 Å². The molecule has 1 N–H and O–H groups in total. The molecule has 82 valence electrons. The number of nitrogens with zero attached hydrogens (tertiary/aromatic N) is 1. The zero-order chi connectivity index (χ0) is 10.6. The van der Waals surface area contributed by atoms with Gasteiger partial charge in [-0.15, -0.1) is 6.58 Å². The van der Waals surface area contributed by atoms with Crippen LogP contribution in [0.25, 0.3) is 0 Å². The molecule has 2 heteroatoms. The van der Waals surface area contributed by atoms with E-state index in [1.54, 1.807) is 0 Å². The van der Waals surface area contributed by atoms with Gasteiger partial charge in [-0.2, -0.15) is 0 Å². The zero-order valence-corrected chi connectivity index (χ0v) is 9.84. The van der Waals surface area contributed by atoms with Crippen LogP contribution in [0.3, 0.4) is 0 Å². The second kappa shape index (κ2) is 4.94. The minimum atomic E-state index is 0.437. The molecule has 1 aliphatic rings. The second-order valence-electron chi connectivity index (χ2n) is 5.02. The Balaban J connectivity index is 2.31. The molecule has 1 rings (SSSR count). The van der Waals surface area contributed by atoms with Gasteiger partial charge in [-0.3, -0.25) is 0 Å². The quantitative estimate of drug-likeness (QED) is 0.691. The van der Waals surface area contributed by atoms with Gasteiger partial charge in [-0.1, -0.05) is 13.0 Å². The Kier molecular flexibility index (Phi) is 4.14. The normalized spacial score (nSPS) is 24.5. The number of rotatable bonds is 4. The van der Waals surface area contributed by atoms with Crippen molar-refractivity contribution in [2.75, 3.05) is 26.7 Å². The van der Waals surface area contributed by atoms with Crippen molar-refractivity contribution in [1.82, 2.24) is 10.2 Å². The molecule has 1 aliphatic heterocycles. The Labute approximate surface area is 88.4 Å². The fourth-order valence-electron chi connectivity index (χ4n) is 1.83. The van der Waals surface area contributed by atoms with Crippen LogP contribution >= 0.6 is 0 Å². The van der Waals surface area contributed by atoms with Crippen molar-refractivity contribution in [3.8, 4) is 0 Å². The van der Waals surface area contributed by atoms with E-state index in [0.717, 1.165) is 6.54 Å². The van der Waals surface area contributed by atoms with Crippen LogP contribution in [0.15, 0.2) is 12.7 Å². The third-order valence-electron chi connectivity index (χ3n) is 3.40. The van der Waals surface area contributed by atoms with E-state index in [0.29, 0.717) is 11.5 Å². The minimum absolute atomic E-state index is 0.437. The highest BCUT2D eigenvalue weighted by molar-refractivity contribution is 4.87. The molecule has 1 unspecified atom stereocenters. The summed E-state index contributed by atoms with van der Waals surface area (Å²) in [5.74, 6) is 0. The maximum Gasteiger partial charge on any atom is 0.0219 e. The number of piperidine rings is 1. The van der Waals surface area contributed by atoms with E-state index >= 15 is 0 Å². The molecule has 0 aromatic heterocycles. The standard InChI is InChI=1S/C12H24N2/c1-5-11(2)13-10-12(3)6-8-14(4)9-7-12/h5,11,13H,1,6-10H2,2-4H3. The molecule has 1 atom stereocenters. The molecule has 1 fully saturated rings. The molecular formula is C12H24N2. The Bertz CT molecular complexity index is 181. The van der Waals surface area contributed by atoms with E-state index < -0.39 is 0 Å². The molecule has 14 heavy (non-hydrogen) atoms. The predicted octanol–water partition coefficient (Wildman–Crippen LogP) is 1.88. The van der Waals surface area contributed by atoms with Crippen molar-refractivity contribution in [3.05, 3.63) is 12.7 Å². The van der Waals surface area contributed by atoms with E-state index in [-0.39, 0.29) is 0 Å². The van der Waals surface area contributed by atoms with Crippen molar-refractivity contribution >= 4 is 0 Å². The van der Waals surface area contributed by atoms with Crippen molar-refractivity contribution in [1.29, 1.82) is 0 Å². The van der Waals surface area contributed by atoms with E-state index in [1.165, 1.54) is 25.9 Å². The first kappa shape index (κ1) is 11.7. The summed E-state index contributed by atoms with van der Waals surface area (Å²) >= 11 is 0. The first-order chi connectivity index (χ1) is 6.56. The average molecular weight is 196 g/mol. The van der Waals surface area contributed by atoms with E-state index in [1.807, 2.05) is 6.08 Å². The van der Waals surface area contributed by atoms with E-state index in [4.69, 9.17) is 0 Å². The van der Waals surface area contributed by atoms with Gasteiger partial charge in [0.1, 0.15) is 0 Å². The summed E-state index contributed by atoms with van der Waals surface area (Å²) in [7, 11) is 2.21. The molecule has 2 nitrogen and oxygen atoms in total. The van der Waals surface area contributed by atoms with Crippen LogP contribution in [0.5, 0.6) is 0 Å². The van der Waals surface area contributed by atoms with Gasteiger partial charge in [0, 0.05) is 12.6 Å². The van der Waals surface area contributed by atoms with Gasteiger partial charge in [0.25, 0.3) is 0 Å². The number of hydrogen-bond acceptors (Lipinski definition) is 2. The molecule has 1 saturated heterocycles. The molecule has 0 saturated carbocycles. The summed E-state index contributed by atoms with van der Waals surface area (Å²) in [6.07, 6.45) is 4.58. The summed E-state index contributed by atoms with van der Waals surface area (Å²) in [6, 6.07) is 0.437. The first-order valence-corrected chi connectivity index (χ1v) is 5.60. The van der Waals surface area contributed by atoms with E-state index in [9.17, 15) is 0 Å². The summed E-state index contributed by atoms with van der Waals surface area (Å²) in [5, 5.41) is 3.52. The Hall–Kier alpha value is -0.340. The zero-order valence-electron chi connectivity index (χ0n) is 9.84. The number of nitrogens with one attached hydrogen (secondary N) is 1. The van der Waals surface area contributed by atoms with Crippen LogP contribution in [0.1, 0.15) is 26.7 Å². The smallest absolute Gasteiger partial charge is 0.0219 e. The highest BCUT2D eigenvalue weighted by atomic mass is 15.1. The second-order valence-corrected chi connectivity index (χ2v) is 5.02. The number of likely N-dealkylation sites (tertiary alicyclic amines) is 1. The maximum atomic E-state index is 3.79. The molecule has 0 radical (unpaired) electrons. The highest BCUT2D eigenvalue weighted by Crippen LogP contribution is 2.29. The Morgan fingerprint density at radius 2 is 2.07 bits per heavy atom. The van der Waals surface area contributed by atoms with Crippen molar-refractivity contribution < 1.29 is 0 Å². The molecule has 0 aromatic rings. The van der Waals surface area contributed by atoms with Crippen molar-refractivity contribution in [3.63, 3.8) is 0 Å². The van der Waals surface area contributed by atoms with Crippen LogP contribution in [-0.2, 0) is 0 Å². The van der Waals surface area contributed by atoms with Gasteiger partial charge in [0.2, 0.25) is 0 Å². The maximum absolute atomic E-state index is 3.79. The SMILES string of the molecule is C=CC(C)NCC1(C)CCN(C)CC1. The molecule has 0 amide bonds. The predicted molar refractivity (Wildman–Crippen MR) is 62.5 cm³/mol. The van der Waals surface area contributed by atoms with Crippen molar-refractivity contribution in [2.45, 2.75) is 32.7 Å². The third-order valence-corrected chi connectivity index (χ3v) is 3.40. The summed E-state index contributed by atoms with van der Waals surface area (Å²) in [4.78, 5) is 2.42. The molecular weight excluding hydrogens is 172 g/mol. The summed E-state index contributed by atoms with van der Waals surface area (Å²) < 4.78 is 0. The Morgan fingerprint density at radius 3 is 2.57 bits per heavy atom. The van der Waals surface area contributed by atoms with Crippen molar-refractivity contribution in [2.24, 2.45) is 5.41 Å². The lowest BCUT2D eigenvalue weighted by atomic mass is 9.80. The minimum Gasteiger partial charge on any atom is -0.310 e. The fraction of sp³-hybridized carbons (Fsp3) is 0.833. The lowest BCUT2D eigenvalue weighted by Gasteiger charge is -2.38. The molecule has 0 spiro atoms. The van der Waals surface area contributed by atoms with Gasteiger partial charge < -0.3 is 10.2 Å². The van der Waals surface area contributed by atoms with Gasteiger partial charge in [-0.05, 0) is 45.3 Å². The molecule has 0 aliphatic carbocycles. The van der Waals surface area contributed by atoms with E-state index in [2.05, 4.69) is 37.7 Å². The Morgan fingerprint density at radius 1 is 1.50 bits per heavy atom. The lowest BCUT2D eigenvalue weighted by molar-refractivity contribution is 0.135. The van der Waals surface area contributed by atoms with Crippen LogP contribution in [0.4, 0.5) is 0 Å². The molecule has 1 heterocycles. The van der Waals surface area contributed by atoms with Gasteiger partial charge in [0.15, 0.2) is 0 Å². The number of hydrogen-bond donors (Lipinski definition) is 1. The highest BCUT2D eigenvalue weighted by Gasteiger charge is 2.28. The molecule has 0 aromatic carbocycles. The first-order valence-electron chi connectivity index (χ1n) is 5.60.